The van der Waals surface area contributed by atoms with Crippen LogP contribution in [-0.4, -0.2) is 62.3 Å². The number of aliphatic imine (C=N–C) groups is 1. The third kappa shape index (κ3) is 4.88. The van der Waals surface area contributed by atoms with E-state index in [1.54, 1.807) is 7.11 Å². The fourth-order valence-corrected chi connectivity index (χ4v) is 3.13. The number of carbonyl (C=O) groups excluding carboxylic acids is 1. The van der Waals surface area contributed by atoms with Crippen molar-refractivity contribution in [2.45, 2.75) is 20.0 Å². The minimum Gasteiger partial charge on any atom is -0.497 e. The minimum absolute atomic E-state index is 0.157. The van der Waals surface area contributed by atoms with E-state index >= 15 is 0 Å². The molecule has 1 heterocycles. The van der Waals surface area contributed by atoms with Crippen molar-refractivity contribution in [2.75, 3.05) is 40.4 Å². The first-order chi connectivity index (χ1) is 12.5. The molecule has 0 spiro atoms. The van der Waals surface area contributed by atoms with Crippen LogP contribution in [-0.2, 0) is 9.53 Å². The highest BCUT2D eigenvalue weighted by Crippen LogP contribution is 2.24. The Labute approximate surface area is 155 Å². The fourth-order valence-electron chi connectivity index (χ4n) is 3.13. The van der Waals surface area contributed by atoms with Crippen LogP contribution in [0.4, 0.5) is 0 Å². The molecule has 0 aliphatic carbocycles. The molecule has 26 heavy (non-hydrogen) atoms. The van der Waals surface area contributed by atoms with Crippen LogP contribution in [0.2, 0.25) is 0 Å². The Balaban J connectivity index is 2.05. The van der Waals surface area contributed by atoms with Crippen LogP contribution in [0.5, 0.6) is 5.75 Å². The highest BCUT2D eigenvalue weighted by molar-refractivity contribution is 5.82. The molecule has 2 rings (SSSR count). The Morgan fingerprint density at radius 3 is 2.62 bits per heavy atom. The van der Waals surface area contributed by atoms with Crippen LogP contribution in [0.3, 0.4) is 0 Å². The van der Waals surface area contributed by atoms with E-state index in [0.717, 1.165) is 17.9 Å². The second kappa shape index (κ2) is 9.43. The van der Waals surface area contributed by atoms with Crippen molar-refractivity contribution < 1.29 is 19.4 Å². The summed E-state index contributed by atoms with van der Waals surface area (Å²) in [5.41, 5.74) is 0.785. The highest BCUT2D eigenvalue weighted by Gasteiger charge is 2.36. The van der Waals surface area contributed by atoms with E-state index in [2.05, 4.69) is 15.2 Å². The molecular formula is C19H29N3O4. The minimum atomic E-state index is -0.703. The molecule has 3 unspecified atom stereocenters. The average Bonchev–Trinajstić information content (AvgIpc) is 3.05. The number of nitrogens with one attached hydrogen (secondary N) is 1. The maximum Gasteiger partial charge on any atom is 0.310 e. The molecule has 2 N–H and O–H groups in total. The van der Waals surface area contributed by atoms with Gasteiger partial charge in [0.15, 0.2) is 5.96 Å². The summed E-state index contributed by atoms with van der Waals surface area (Å²) in [5.74, 6) is 1.30. The number of rotatable bonds is 6. The number of likely N-dealkylation sites (tertiary alicyclic amines) is 1. The van der Waals surface area contributed by atoms with Crippen molar-refractivity contribution in [1.29, 1.82) is 0 Å². The van der Waals surface area contributed by atoms with Crippen LogP contribution in [0.25, 0.3) is 0 Å². The second-order valence-electron chi connectivity index (χ2n) is 6.50. The molecule has 0 bridgehead atoms. The summed E-state index contributed by atoms with van der Waals surface area (Å²) in [6.07, 6.45) is -0.703. The zero-order chi connectivity index (χ0) is 19.1. The normalized spacial score (nSPS) is 21.4. The summed E-state index contributed by atoms with van der Waals surface area (Å²) < 4.78 is 10.0. The van der Waals surface area contributed by atoms with Gasteiger partial charge in [-0.1, -0.05) is 19.1 Å². The van der Waals surface area contributed by atoms with Gasteiger partial charge >= 0.3 is 5.97 Å². The molecule has 0 amide bonds. The first-order valence-corrected chi connectivity index (χ1v) is 8.93. The molecule has 0 aromatic heterocycles. The van der Waals surface area contributed by atoms with Crippen molar-refractivity contribution in [1.82, 2.24) is 10.2 Å². The van der Waals surface area contributed by atoms with Gasteiger partial charge < -0.3 is 24.8 Å². The summed E-state index contributed by atoms with van der Waals surface area (Å²) in [6.45, 7) is 6.28. The number of hydrogen-bond acceptors (Lipinski definition) is 5. The molecule has 1 aromatic carbocycles. The van der Waals surface area contributed by atoms with Crippen LogP contribution in [0, 0.1) is 11.8 Å². The van der Waals surface area contributed by atoms with E-state index in [-0.39, 0.29) is 24.3 Å². The lowest BCUT2D eigenvalue weighted by molar-refractivity contribution is -0.145. The number of aliphatic hydroxyl groups is 1. The van der Waals surface area contributed by atoms with Crippen molar-refractivity contribution in [3.8, 4) is 5.75 Å². The Bertz CT molecular complexity index is 618. The van der Waals surface area contributed by atoms with Gasteiger partial charge in [-0.2, -0.15) is 0 Å². The number of benzene rings is 1. The third-order valence-corrected chi connectivity index (χ3v) is 4.67. The van der Waals surface area contributed by atoms with Gasteiger partial charge in [-0.05, 0) is 30.5 Å². The van der Waals surface area contributed by atoms with Gasteiger partial charge in [0.1, 0.15) is 5.75 Å². The van der Waals surface area contributed by atoms with Gasteiger partial charge in [0.05, 0.1) is 32.8 Å². The zero-order valence-electron chi connectivity index (χ0n) is 15.9. The van der Waals surface area contributed by atoms with Gasteiger partial charge in [-0.15, -0.1) is 0 Å². The summed E-state index contributed by atoms with van der Waals surface area (Å²) >= 11 is 0. The molecule has 1 aromatic rings. The Morgan fingerprint density at radius 1 is 1.35 bits per heavy atom. The molecule has 7 heteroatoms. The predicted molar refractivity (Wildman–Crippen MR) is 100 cm³/mol. The third-order valence-electron chi connectivity index (χ3n) is 4.67. The molecule has 7 nitrogen and oxygen atoms in total. The summed E-state index contributed by atoms with van der Waals surface area (Å²) in [7, 11) is 3.03. The van der Waals surface area contributed by atoms with Crippen molar-refractivity contribution in [3.05, 3.63) is 29.8 Å². The smallest absolute Gasteiger partial charge is 0.310 e. The van der Waals surface area contributed by atoms with Gasteiger partial charge in [-0.3, -0.25) is 9.79 Å². The topological polar surface area (TPSA) is 83.4 Å². The maximum atomic E-state index is 11.9. The number of guanidine groups is 1. The van der Waals surface area contributed by atoms with E-state index in [4.69, 9.17) is 9.47 Å². The van der Waals surface area contributed by atoms with E-state index in [0.29, 0.717) is 19.0 Å². The van der Waals surface area contributed by atoms with E-state index < -0.39 is 6.10 Å². The average molecular weight is 363 g/mol. The molecule has 0 radical (unpaired) electrons. The largest absolute Gasteiger partial charge is 0.497 e. The van der Waals surface area contributed by atoms with Crippen LogP contribution in [0.1, 0.15) is 25.5 Å². The Hall–Kier alpha value is -2.28. The molecule has 3 atom stereocenters. The molecule has 1 aliphatic heterocycles. The SMILES string of the molecule is CCNC(=NCC(O)c1ccc(OC)cc1)N1CC(C)C(C(=O)OC)C1. The quantitative estimate of drug-likeness (QED) is 0.452. The standard InChI is InChI=1S/C19H29N3O4/c1-5-20-19(22-11-13(2)16(12-22)18(24)26-4)21-10-17(23)14-6-8-15(25-3)9-7-14/h6-9,13,16-17,23H,5,10-12H2,1-4H3,(H,20,21). The molecule has 0 saturated carbocycles. The van der Waals surface area contributed by atoms with Crippen LogP contribution >= 0.6 is 0 Å². The molecular weight excluding hydrogens is 334 g/mol. The van der Waals surface area contributed by atoms with E-state index in [9.17, 15) is 9.90 Å². The van der Waals surface area contributed by atoms with Gasteiger partial charge in [0, 0.05) is 19.6 Å². The van der Waals surface area contributed by atoms with Gasteiger partial charge in [-0.25, -0.2) is 0 Å². The first-order valence-electron chi connectivity index (χ1n) is 8.93. The molecule has 1 fully saturated rings. The lowest BCUT2D eigenvalue weighted by Gasteiger charge is -2.22. The van der Waals surface area contributed by atoms with Crippen molar-refractivity contribution >= 4 is 11.9 Å². The summed E-state index contributed by atoms with van der Waals surface area (Å²) in [6, 6.07) is 7.29. The van der Waals surface area contributed by atoms with E-state index in [1.807, 2.05) is 38.1 Å². The van der Waals surface area contributed by atoms with Gasteiger partial charge in [0.2, 0.25) is 0 Å². The molecule has 1 saturated heterocycles. The molecule has 1 aliphatic rings. The monoisotopic (exact) mass is 363 g/mol. The highest BCUT2D eigenvalue weighted by atomic mass is 16.5. The number of aliphatic hydroxyl groups excluding tert-OH is 1. The Kier molecular flexibility index (Phi) is 7.26. The second-order valence-corrected chi connectivity index (χ2v) is 6.50. The van der Waals surface area contributed by atoms with Crippen molar-refractivity contribution in [2.24, 2.45) is 16.8 Å². The number of hydrogen-bond donors (Lipinski definition) is 2. The number of carbonyl (C=O) groups is 1. The predicted octanol–water partition coefficient (Wildman–Crippen LogP) is 1.43. The number of ether oxygens (including phenoxy) is 2. The number of esters is 1. The Morgan fingerprint density at radius 2 is 2.04 bits per heavy atom. The van der Waals surface area contributed by atoms with Crippen LogP contribution < -0.4 is 10.1 Å². The van der Waals surface area contributed by atoms with Crippen molar-refractivity contribution in [3.63, 3.8) is 0 Å². The fraction of sp³-hybridized carbons (Fsp3) is 0.579. The van der Waals surface area contributed by atoms with Gasteiger partial charge in [0.25, 0.3) is 0 Å². The van der Waals surface area contributed by atoms with Crippen LogP contribution in [0.15, 0.2) is 29.3 Å². The lowest BCUT2D eigenvalue weighted by atomic mass is 9.99. The maximum absolute atomic E-state index is 11.9. The number of nitrogens with zero attached hydrogens (tertiary/aromatic N) is 2. The van der Waals surface area contributed by atoms with E-state index in [1.165, 1.54) is 7.11 Å². The molecule has 144 valence electrons. The zero-order valence-corrected chi connectivity index (χ0v) is 15.9. The lowest BCUT2D eigenvalue weighted by Crippen LogP contribution is -2.41. The number of methoxy groups -OCH3 is 2. The first kappa shape index (κ1) is 20.0. The summed E-state index contributed by atoms with van der Waals surface area (Å²) in [4.78, 5) is 18.5. The summed E-state index contributed by atoms with van der Waals surface area (Å²) in [5, 5.41) is 13.6.